The van der Waals surface area contributed by atoms with Crippen molar-refractivity contribution in [1.29, 1.82) is 0 Å². The van der Waals surface area contributed by atoms with Gasteiger partial charge < -0.3 is 10.1 Å². The van der Waals surface area contributed by atoms with E-state index in [1.807, 2.05) is 6.07 Å². The van der Waals surface area contributed by atoms with Gasteiger partial charge in [0.1, 0.15) is 5.75 Å². The summed E-state index contributed by atoms with van der Waals surface area (Å²) in [5, 5.41) is 3.36. The molecule has 1 aliphatic carbocycles. The normalized spacial score (nSPS) is 23.2. The molecular formula is C14H17F2NO. The summed E-state index contributed by atoms with van der Waals surface area (Å²) in [6, 6.07) is 5.24. The second-order valence-electron chi connectivity index (χ2n) is 5.16. The van der Waals surface area contributed by atoms with E-state index in [2.05, 4.69) is 10.1 Å². The molecule has 1 heterocycles. The zero-order chi connectivity index (χ0) is 12.5. The average molecular weight is 253 g/mol. The van der Waals surface area contributed by atoms with Crippen LogP contribution in [0.3, 0.4) is 0 Å². The van der Waals surface area contributed by atoms with Gasteiger partial charge in [0, 0.05) is 18.2 Å². The molecule has 0 bridgehead atoms. The van der Waals surface area contributed by atoms with E-state index in [1.54, 1.807) is 12.1 Å². The Morgan fingerprint density at radius 1 is 1.22 bits per heavy atom. The maximum Gasteiger partial charge on any atom is 0.387 e. The molecule has 98 valence electrons. The summed E-state index contributed by atoms with van der Waals surface area (Å²) >= 11 is 0. The van der Waals surface area contributed by atoms with E-state index < -0.39 is 6.61 Å². The molecule has 1 unspecified atom stereocenters. The number of hydrogen-bond donors (Lipinski definition) is 1. The maximum absolute atomic E-state index is 12.2. The van der Waals surface area contributed by atoms with Crippen LogP contribution < -0.4 is 10.1 Å². The molecule has 1 N–H and O–H groups in total. The van der Waals surface area contributed by atoms with E-state index in [0.717, 1.165) is 17.8 Å². The molecule has 1 aromatic carbocycles. The van der Waals surface area contributed by atoms with Crippen LogP contribution in [0.5, 0.6) is 5.75 Å². The van der Waals surface area contributed by atoms with Gasteiger partial charge in [-0.15, -0.1) is 0 Å². The first-order valence-electron chi connectivity index (χ1n) is 6.56. The van der Waals surface area contributed by atoms with Crippen LogP contribution in [0.2, 0.25) is 0 Å². The number of rotatable bonds is 3. The van der Waals surface area contributed by atoms with Gasteiger partial charge in [-0.25, -0.2) is 0 Å². The Morgan fingerprint density at radius 3 is 2.72 bits per heavy atom. The molecule has 4 heteroatoms. The van der Waals surface area contributed by atoms with Crippen molar-refractivity contribution in [2.75, 3.05) is 11.9 Å². The van der Waals surface area contributed by atoms with Gasteiger partial charge in [-0.1, -0.05) is 12.8 Å². The Bertz CT molecular complexity index is 430. The summed E-state index contributed by atoms with van der Waals surface area (Å²) in [5.41, 5.74) is 2.23. The monoisotopic (exact) mass is 253 g/mol. The van der Waals surface area contributed by atoms with Gasteiger partial charge in [0.25, 0.3) is 0 Å². The Kier molecular flexibility index (Phi) is 3.10. The summed E-state index contributed by atoms with van der Waals surface area (Å²) in [7, 11) is 0. The highest BCUT2D eigenvalue weighted by Gasteiger charge is 2.31. The van der Waals surface area contributed by atoms with Gasteiger partial charge in [-0.3, -0.25) is 0 Å². The highest BCUT2D eigenvalue weighted by atomic mass is 19.3. The number of alkyl halides is 2. The third kappa shape index (κ3) is 2.16. The van der Waals surface area contributed by atoms with Crippen LogP contribution in [0.1, 0.15) is 37.2 Å². The first kappa shape index (κ1) is 11.8. The molecule has 0 amide bonds. The van der Waals surface area contributed by atoms with Crippen molar-refractivity contribution in [3.05, 3.63) is 23.8 Å². The smallest absolute Gasteiger partial charge is 0.387 e. The van der Waals surface area contributed by atoms with E-state index in [0.29, 0.717) is 11.8 Å². The topological polar surface area (TPSA) is 21.3 Å². The molecular weight excluding hydrogens is 236 g/mol. The lowest BCUT2D eigenvalue weighted by Crippen LogP contribution is -2.11. The number of halogens is 2. The van der Waals surface area contributed by atoms with Crippen LogP contribution in [0.15, 0.2) is 18.2 Å². The Labute approximate surface area is 105 Å². The summed E-state index contributed by atoms with van der Waals surface area (Å²) in [6.07, 6.45) is 5.10. The zero-order valence-corrected chi connectivity index (χ0v) is 10.2. The lowest BCUT2D eigenvalue weighted by atomic mass is 9.86. The Balaban J connectivity index is 1.84. The fourth-order valence-electron chi connectivity index (χ4n) is 3.29. The molecule has 1 aliphatic heterocycles. The second-order valence-corrected chi connectivity index (χ2v) is 5.16. The summed E-state index contributed by atoms with van der Waals surface area (Å²) in [6.45, 7) is -1.82. The number of hydrogen-bond acceptors (Lipinski definition) is 2. The third-order valence-corrected chi connectivity index (χ3v) is 4.13. The van der Waals surface area contributed by atoms with E-state index in [9.17, 15) is 8.78 Å². The average Bonchev–Trinajstić information content (AvgIpc) is 2.94. The highest BCUT2D eigenvalue weighted by Crippen LogP contribution is 2.44. The van der Waals surface area contributed by atoms with Gasteiger partial charge in [0.05, 0.1) is 0 Å². The van der Waals surface area contributed by atoms with Crippen LogP contribution in [0.4, 0.5) is 14.5 Å². The standard InChI is InChI=1S/C14H17F2NO/c15-14(16)18-10-5-6-13-11(7-10)12(8-17-13)9-3-1-2-4-9/h5-7,9,12,14,17H,1-4,8H2. The van der Waals surface area contributed by atoms with E-state index in [1.165, 1.54) is 25.7 Å². The number of fused-ring (bicyclic) bond motifs is 1. The van der Waals surface area contributed by atoms with E-state index in [4.69, 9.17) is 0 Å². The van der Waals surface area contributed by atoms with E-state index >= 15 is 0 Å². The van der Waals surface area contributed by atoms with Crippen LogP contribution in [-0.2, 0) is 0 Å². The predicted octanol–water partition coefficient (Wildman–Crippen LogP) is 3.99. The Hall–Kier alpha value is -1.32. The highest BCUT2D eigenvalue weighted by molar-refractivity contribution is 5.60. The molecule has 1 fully saturated rings. The van der Waals surface area contributed by atoms with Crippen molar-refractivity contribution in [3.8, 4) is 5.75 Å². The molecule has 0 spiro atoms. The number of anilines is 1. The van der Waals surface area contributed by atoms with Crippen molar-refractivity contribution in [3.63, 3.8) is 0 Å². The SMILES string of the molecule is FC(F)Oc1ccc2c(c1)C(C1CCCC1)CN2. The molecule has 0 radical (unpaired) electrons. The first-order valence-corrected chi connectivity index (χ1v) is 6.56. The van der Waals surface area contributed by atoms with Gasteiger partial charge >= 0.3 is 6.61 Å². The molecule has 1 aromatic rings. The minimum Gasteiger partial charge on any atom is -0.435 e. The summed E-state index contributed by atoms with van der Waals surface area (Å²) in [5.74, 6) is 1.43. The lowest BCUT2D eigenvalue weighted by Gasteiger charge is -2.18. The van der Waals surface area contributed by atoms with Crippen LogP contribution in [0, 0.1) is 5.92 Å². The van der Waals surface area contributed by atoms with Gasteiger partial charge in [0.15, 0.2) is 0 Å². The summed E-state index contributed by atoms with van der Waals surface area (Å²) < 4.78 is 29.0. The van der Waals surface area contributed by atoms with Crippen molar-refractivity contribution >= 4 is 5.69 Å². The molecule has 3 rings (SSSR count). The molecule has 2 nitrogen and oxygen atoms in total. The molecule has 1 atom stereocenters. The third-order valence-electron chi connectivity index (χ3n) is 4.13. The molecule has 18 heavy (non-hydrogen) atoms. The quantitative estimate of drug-likeness (QED) is 0.879. The zero-order valence-electron chi connectivity index (χ0n) is 10.2. The van der Waals surface area contributed by atoms with Crippen LogP contribution in [0.25, 0.3) is 0 Å². The van der Waals surface area contributed by atoms with Crippen molar-refractivity contribution in [1.82, 2.24) is 0 Å². The largest absolute Gasteiger partial charge is 0.435 e. The molecule has 1 saturated carbocycles. The summed E-state index contributed by atoms with van der Waals surface area (Å²) in [4.78, 5) is 0. The lowest BCUT2D eigenvalue weighted by molar-refractivity contribution is -0.0498. The van der Waals surface area contributed by atoms with Gasteiger partial charge in [0.2, 0.25) is 0 Å². The second kappa shape index (κ2) is 4.75. The van der Waals surface area contributed by atoms with Crippen molar-refractivity contribution < 1.29 is 13.5 Å². The van der Waals surface area contributed by atoms with Gasteiger partial charge in [-0.2, -0.15) is 8.78 Å². The fraction of sp³-hybridized carbons (Fsp3) is 0.571. The maximum atomic E-state index is 12.2. The molecule has 2 aliphatic rings. The fourth-order valence-corrected chi connectivity index (χ4v) is 3.29. The van der Waals surface area contributed by atoms with Gasteiger partial charge in [-0.05, 0) is 42.5 Å². The minimum absolute atomic E-state index is 0.274. The van der Waals surface area contributed by atoms with Crippen molar-refractivity contribution in [2.24, 2.45) is 5.92 Å². The number of benzene rings is 1. The van der Waals surface area contributed by atoms with E-state index in [-0.39, 0.29) is 5.75 Å². The first-order chi connectivity index (χ1) is 8.74. The molecule has 0 aromatic heterocycles. The predicted molar refractivity (Wildman–Crippen MR) is 66.3 cm³/mol. The number of nitrogens with one attached hydrogen (secondary N) is 1. The van der Waals surface area contributed by atoms with Crippen LogP contribution in [-0.4, -0.2) is 13.2 Å². The number of ether oxygens (including phenoxy) is 1. The minimum atomic E-state index is -2.75. The van der Waals surface area contributed by atoms with Crippen LogP contribution >= 0.6 is 0 Å². The Morgan fingerprint density at radius 2 is 2.00 bits per heavy atom. The molecule has 0 saturated heterocycles. The van der Waals surface area contributed by atoms with Crippen molar-refractivity contribution in [2.45, 2.75) is 38.2 Å².